The minimum absolute atomic E-state index is 0.245. The number of nitrogens with one attached hydrogen (secondary N) is 1. The predicted molar refractivity (Wildman–Crippen MR) is 31.5 cm³/mol. The summed E-state index contributed by atoms with van der Waals surface area (Å²) < 4.78 is 0. The lowest BCUT2D eigenvalue weighted by Crippen LogP contribution is -2.33. The maximum absolute atomic E-state index is 10.1. The number of amides is 1. The van der Waals surface area contributed by atoms with Crippen molar-refractivity contribution >= 4 is 15.3 Å². The molecule has 0 aliphatic carbocycles. The van der Waals surface area contributed by atoms with E-state index in [2.05, 4.69) is 14.5 Å². The van der Waals surface area contributed by atoms with E-state index in [1.54, 1.807) is 6.92 Å². The largest absolute Gasteiger partial charge is 0.368 e. The van der Waals surface area contributed by atoms with Gasteiger partial charge in [0.15, 0.2) is 0 Å². The summed E-state index contributed by atoms with van der Waals surface area (Å²) in [4.78, 5) is 10.1. The molecule has 1 amide bonds. The monoisotopic (exact) mass is 120 g/mol. The molecule has 0 saturated carbocycles. The van der Waals surface area contributed by atoms with Gasteiger partial charge in [-0.3, -0.25) is 9.88 Å². The average molecular weight is 120 g/mol. The summed E-state index contributed by atoms with van der Waals surface area (Å²) in [5.41, 5.74) is 4.83. The Kier molecular flexibility index (Phi) is 2.88. The summed E-state index contributed by atoms with van der Waals surface area (Å²) in [7, 11) is 2.21. The second-order valence-corrected chi connectivity index (χ2v) is 1.62. The topological polar surface area (TPSA) is 55.1 Å². The molecule has 0 aromatic carbocycles. The second kappa shape index (κ2) is 2.94. The maximum Gasteiger partial charge on any atom is 0.234 e. The molecule has 0 rings (SSSR count). The van der Waals surface area contributed by atoms with Gasteiger partial charge in [0.05, 0.1) is 6.04 Å². The molecule has 0 radical (unpaired) electrons. The van der Waals surface area contributed by atoms with E-state index in [4.69, 9.17) is 5.73 Å². The van der Waals surface area contributed by atoms with Gasteiger partial charge in [0.1, 0.15) is 0 Å². The fourth-order valence-corrected chi connectivity index (χ4v) is 0.246. The van der Waals surface area contributed by atoms with Gasteiger partial charge in [-0.1, -0.05) is 9.39 Å². The Labute approximate surface area is 44.9 Å². The van der Waals surface area contributed by atoms with Crippen molar-refractivity contribution < 1.29 is 4.79 Å². The average Bonchev–Trinajstić information content (AvgIpc) is 1.65. The van der Waals surface area contributed by atoms with E-state index in [1.807, 2.05) is 0 Å². The molecule has 4 heteroatoms. The summed E-state index contributed by atoms with van der Waals surface area (Å²) in [5.74, 6) is -0.338. The van der Waals surface area contributed by atoms with Crippen molar-refractivity contribution in [2.24, 2.45) is 5.73 Å². The van der Waals surface area contributed by atoms with Crippen LogP contribution < -0.4 is 10.8 Å². The first-order chi connectivity index (χ1) is 3.18. The minimum atomic E-state index is -0.338. The zero-order chi connectivity index (χ0) is 5.86. The highest BCUT2D eigenvalue weighted by atomic mass is 31.0. The fourth-order valence-electron chi connectivity index (χ4n) is 0.0821. The van der Waals surface area contributed by atoms with Gasteiger partial charge in [0, 0.05) is 0 Å². The molecule has 0 aromatic heterocycles. The molecular weight excluding hydrogens is 111 g/mol. The quantitative estimate of drug-likeness (QED) is 0.470. The van der Waals surface area contributed by atoms with Crippen LogP contribution in [0.25, 0.3) is 0 Å². The summed E-state index contributed by atoms with van der Waals surface area (Å²) in [6, 6.07) is -0.245. The van der Waals surface area contributed by atoms with Crippen LogP contribution in [0.1, 0.15) is 6.92 Å². The molecule has 0 spiro atoms. The zero-order valence-electron chi connectivity index (χ0n) is 4.14. The molecule has 3 N–H and O–H groups in total. The Morgan fingerprint density at radius 3 is 2.43 bits per heavy atom. The Morgan fingerprint density at radius 1 is 2.00 bits per heavy atom. The molecule has 0 aliphatic rings. The maximum atomic E-state index is 10.1. The molecule has 0 heterocycles. The van der Waals surface area contributed by atoms with Crippen LogP contribution in [0.2, 0.25) is 0 Å². The van der Waals surface area contributed by atoms with Crippen LogP contribution in [-0.4, -0.2) is 11.9 Å². The van der Waals surface area contributed by atoms with E-state index < -0.39 is 0 Å². The standard InChI is InChI=1S/C3H9N2OP/c1-2(5-7)3(4)6/h2,5H,7H2,1H3,(H2,4,6)/t2-/m0/s1. The van der Waals surface area contributed by atoms with Crippen molar-refractivity contribution in [1.82, 2.24) is 5.09 Å². The highest BCUT2D eigenvalue weighted by Crippen LogP contribution is 1.79. The van der Waals surface area contributed by atoms with Gasteiger partial charge >= 0.3 is 0 Å². The third-order valence-corrected chi connectivity index (χ3v) is 1.18. The lowest BCUT2D eigenvalue weighted by Gasteiger charge is -2.00. The molecule has 2 atom stereocenters. The Balaban J connectivity index is 3.34. The van der Waals surface area contributed by atoms with Crippen molar-refractivity contribution in [1.29, 1.82) is 0 Å². The first-order valence-electron chi connectivity index (χ1n) is 1.94. The molecule has 42 valence electrons. The summed E-state index contributed by atoms with van der Waals surface area (Å²) in [5, 5.41) is 2.61. The third kappa shape index (κ3) is 2.54. The van der Waals surface area contributed by atoms with E-state index in [0.29, 0.717) is 0 Å². The van der Waals surface area contributed by atoms with Crippen molar-refractivity contribution in [3.8, 4) is 0 Å². The van der Waals surface area contributed by atoms with Gasteiger partial charge in [-0.25, -0.2) is 0 Å². The minimum Gasteiger partial charge on any atom is -0.368 e. The van der Waals surface area contributed by atoms with Crippen LogP contribution in [0.4, 0.5) is 0 Å². The number of hydrogen-bond donors (Lipinski definition) is 2. The second-order valence-electron chi connectivity index (χ2n) is 1.29. The molecule has 0 fully saturated rings. The van der Waals surface area contributed by atoms with E-state index in [0.717, 1.165) is 0 Å². The van der Waals surface area contributed by atoms with E-state index in [9.17, 15) is 4.79 Å². The van der Waals surface area contributed by atoms with Gasteiger partial charge in [0.25, 0.3) is 0 Å². The first-order valence-corrected chi connectivity index (χ1v) is 2.51. The lowest BCUT2D eigenvalue weighted by molar-refractivity contribution is -0.119. The van der Waals surface area contributed by atoms with Crippen LogP contribution in [0.15, 0.2) is 0 Å². The van der Waals surface area contributed by atoms with Crippen LogP contribution in [-0.2, 0) is 4.79 Å². The highest BCUT2D eigenvalue weighted by Gasteiger charge is 2.01. The smallest absolute Gasteiger partial charge is 0.234 e. The molecular formula is C3H9N2OP. The fraction of sp³-hybridized carbons (Fsp3) is 0.667. The first kappa shape index (κ1) is 6.86. The number of nitrogens with two attached hydrogens (primary N) is 1. The molecule has 7 heavy (non-hydrogen) atoms. The van der Waals surface area contributed by atoms with Gasteiger partial charge in [-0.2, -0.15) is 0 Å². The molecule has 0 aromatic rings. The number of carbonyl (C=O) groups is 1. The van der Waals surface area contributed by atoms with Crippen molar-refractivity contribution in [2.45, 2.75) is 13.0 Å². The van der Waals surface area contributed by atoms with Crippen LogP contribution >= 0.6 is 9.39 Å². The number of hydrogen-bond acceptors (Lipinski definition) is 2. The predicted octanol–water partition coefficient (Wildman–Crippen LogP) is -0.760. The Hall–Kier alpha value is -0.140. The Bertz CT molecular complexity index is 75.3. The molecule has 0 saturated heterocycles. The van der Waals surface area contributed by atoms with E-state index in [1.165, 1.54) is 0 Å². The van der Waals surface area contributed by atoms with E-state index >= 15 is 0 Å². The van der Waals surface area contributed by atoms with Gasteiger partial charge in [-0.05, 0) is 6.92 Å². The number of primary amides is 1. The summed E-state index contributed by atoms with van der Waals surface area (Å²) >= 11 is 0. The number of rotatable bonds is 2. The van der Waals surface area contributed by atoms with Crippen LogP contribution in [0, 0.1) is 0 Å². The molecule has 1 unspecified atom stereocenters. The van der Waals surface area contributed by atoms with Crippen molar-refractivity contribution in [2.75, 3.05) is 0 Å². The van der Waals surface area contributed by atoms with Crippen molar-refractivity contribution in [3.63, 3.8) is 0 Å². The molecule has 0 aliphatic heterocycles. The Morgan fingerprint density at radius 2 is 2.43 bits per heavy atom. The third-order valence-electron chi connectivity index (χ3n) is 0.677. The van der Waals surface area contributed by atoms with Crippen LogP contribution in [0.3, 0.4) is 0 Å². The summed E-state index contributed by atoms with van der Waals surface area (Å²) in [6.45, 7) is 1.69. The number of carbonyl (C=O) groups excluding carboxylic acids is 1. The van der Waals surface area contributed by atoms with E-state index in [-0.39, 0.29) is 11.9 Å². The van der Waals surface area contributed by atoms with Crippen molar-refractivity contribution in [3.05, 3.63) is 0 Å². The lowest BCUT2D eigenvalue weighted by atomic mass is 10.4. The van der Waals surface area contributed by atoms with Gasteiger partial charge in [0.2, 0.25) is 5.91 Å². The molecule has 0 bridgehead atoms. The highest BCUT2D eigenvalue weighted by molar-refractivity contribution is 7.13. The molecule has 3 nitrogen and oxygen atoms in total. The summed E-state index contributed by atoms with van der Waals surface area (Å²) in [6.07, 6.45) is 0. The SMILES string of the molecule is C[C@H](NP)C(N)=O. The van der Waals surface area contributed by atoms with Crippen LogP contribution in [0.5, 0.6) is 0 Å². The van der Waals surface area contributed by atoms with Gasteiger partial charge in [-0.15, -0.1) is 0 Å². The normalized spacial score (nSPS) is 13.4. The van der Waals surface area contributed by atoms with Gasteiger partial charge < -0.3 is 5.73 Å². The zero-order valence-corrected chi connectivity index (χ0v) is 5.29.